The first-order valence-corrected chi connectivity index (χ1v) is 7.81. The molecule has 1 aromatic carbocycles. The molecular formula is C16H22N2O2S. The molecule has 0 atom stereocenters. The first kappa shape index (κ1) is 15.8. The first-order valence-electron chi connectivity index (χ1n) is 6.99. The lowest BCUT2D eigenvalue weighted by atomic mass is 10.0. The summed E-state index contributed by atoms with van der Waals surface area (Å²) < 4.78 is 11.1. The molecule has 2 aromatic rings. The lowest BCUT2D eigenvalue weighted by Gasteiger charge is -2.17. The third kappa shape index (κ3) is 3.74. The number of nitrogens with zero attached hydrogens (tertiary/aromatic N) is 1. The Hall–Kier alpha value is -1.59. The number of aromatic nitrogens is 1. The highest BCUT2D eigenvalue weighted by Gasteiger charge is 2.22. The molecule has 0 saturated heterocycles. The molecule has 2 rings (SSSR count). The van der Waals surface area contributed by atoms with Crippen molar-refractivity contribution in [2.75, 3.05) is 7.11 Å². The van der Waals surface area contributed by atoms with Crippen molar-refractivity contribution >= 4 is 11.3 Å². The number of hydrogen-bond acceptors (Lipinski definition) is 5. The van der Waals surface area contributed by atoms with Gasteiger partial charge in [-0.15, -0.1) is 11.3 Å². The Morgan fingerprint density at radius 3 is 2.43 bits per heavy atom. The number of thiazole rings is 1. The zero-order valence-electron chi connectivity index (χ0n) is 13.0. The smallest absolute Gasteiger partial charge is 0.161 e. The number of ether oxygens (including phenoxy) is 2. The van der Waals surface area contributed by atoms with Crippen LogP contribution in [0.1, 0.15) is 36.3 Å². The SMILES string of the molecule is CCc1nc(COc2ccccc2OC)sc1C(C)(C)N. The van der Waals surface area contributed by atoms with E-state index in [2.05, 4.69) is 11.9 Å². The van der Waals surface area contributed by atoms with Gasteiger partial charge in [0.05, 0.1) is 12.8 Å². The summed E-state index contributed by atoms with van der Waals surface area (Å²) in [4.78, 5) is 5.77. The number of methoxy groups -OCH3 is 1. The molecule has 0 radical (unpaired) electrons. The number of nitrogens with two attached hydrogens (primary N) is 1. The van der Waals surface area contributed by atoms with E-state index < -0.39 is 0 Å². The first-order chi connectivity index (χ1) is 9.95. The van der Waals surface area contributed by atoms with Gasteiger partial charge in [0.2, 0.25) is 0 Å². The van der Waals surface area contributed by atoms with Crippen LogP contribution in [0.25, 0.3) is 0 Å². The van der Waals surface area contributed by atoms with Crippen molar-refractivity contribution in [2.24, 2.45) is 5.73 Å². The van der Waals surface area contributed by atoms with E-state index >= 15 is 0 Å². The summed E-state index contributed by atoms with van der Waals surface area (Å²) in [5, 5.41) is 0.936. The van der Waals surface area contributed by atoms with Gasteiger partial charge in [-0.05, 0) is 32.4 Å². The Kier molecular flexibility index (Phi) is 4.85. The minimum Gasteiger partial charge on any atom is -0.493 e. The fourth-order valence-electron chi connectivity index (χ4n) is 2.08. The number of hydrogen-bond donors (Lipinski definition) is 1. The van der Waals surface area contributed by atoms with Gasteiger partial charge >= 0.3 is 0 Å². The van der Waals surface area contributed by atoms with Crippen LogP contribution in [0.5, 0.6) is 11.5 Å². The van der Waals surface area contributed by atoms with E-state index in [9.17, 15) is 0 Å². The molecule has 0 amide bonds. The number of benzene rings is 1. The summed E-state index contributed by atoms with van der Waals surface area (Å²) in [6.07, 6.45) is 0.876. The van der Waals surface area contributed by atoms with Crippen molar-refractivity contribution in [3.8, 4) is 11.5 Å². The van der Waals surface area contributed by atoms with Gasteiger partial charge in [0.15, 0.2) is 11.5 Å². The molecular weight excluding hydrogens is 284 g/mol. The maximum absolute atomic E-state index is 6.21. The Bertz CT molecular complexity index is 603. The number of para-hydroxylation sites is 2. The van der Waals surface area contributed by atoms with Gasteiger partial charge in [0, 0.05) is 10.4 Å². The van der Waals surface area contributed by atoms with Gasteiger partial charge in [-0.25, -0.2) is 4.98 Å². The molecule has 0 saturated carbocycles. The van der Waals surface area contributed by atoms with Crippen molar-refractivity contribution in [2.45, 2.75) is 39.3 Å². The van der Waals surface area contributed by atoms with Crippen LogP contribution in [0, 0.1) is 0 Å². The van der Waals surface area contributed by atoms with E-state index in [0.29, 0.717) is 6.61 Å². The van der Waals surface area contributed by atoms with Crippen molar-refractivity contribution < 1.29 is 9.47 Å². The molecule has 0 fully saturated rings. The zero-order valence-corrected chi connectivity index (χ0v) is 13.8. The molecule has 0 bridgehead atoms. The average Bonchev–Trinajstić information content (AvgIpc) is 2.89. The Balaban J connectivity index is 2.15. The third-order valence-corrected chi connectivity index (χ3v) is 4.49. The molecule has 0 unspecified atom stereocenters. The van der Waals surface area contributed by atoms with Crippen molar-refractivity contribution in [1.82, 2.24) is 4.98 Å². The molecule has 114 valence electrons. The molecule has 0 spiro atoms. The van der Waals surface area contributed by atoms with Crippen molar-refractivity contribution in [3.05, 3.63) is 39.8 Å². The average molecular weight is 306 g/mol. The molecule has 4 nitrogen and oxygen atoms in total. The van der Waals surface area contributed by atoms with Gasteiger partial charge in [0.25, 0.3) is 0 Å². The number of aryl methyl sites for hydroxylation is 1. The summed E-state index contributed by atoms with van der Waals surface area (Å²) in [6.45, 7) is 6.53. The second-order valence-electron chi connectivity index (χ2n) is 5.40. The monoisotopic (exact) mass is 306 g/mol. The summed E-state index contributed by atoms with van der Waals surface area (Å²) in [6, 6.07) is 7.61. The standard InChI is InChI=1S/C16H22N2O2S/c1-5-11-15(16(2,3)17)21-14(18-11)10-20-13-9-7-6-8-12(13)19-4/h6-9H,5,10,17H2,1-4H3. The fraction of sp³-hybridized carbons (Fsp3) is 0.438. The minimum absolute atomic E-state index is 0.369. The van der Waals surface area contributed by atoms with Crippen molar-refractivity contribution in [3.63, 3.8) is 0 Å². The predicted octanol–water partition coefficient (Wildman–Crippen LogP) is 3.49. The molecule has 0 aliphatic heterocycles. The normalized spacial score (nSPS) is 11.5. The van der Waals surface area contributed by atoms with Crippen LogP contribution in [0.3, 0.4) is 0 Å². The highest BCUT2D eigenvalue weighted by atomic mass is 32.1. The second-order valence-corrected chi connectivity index (χ2v) is 6.48. The van der Waals surface area contributed by atoms with E-state index in [1.807, 2.05) is 38.1 Å². The second kappa shape index (κ2) is 6.45. The van der Waals surface area contributed by atoms with Crippen LogP contribution < -0.4 is 15.2 Å². The number of rotatable bonds is 6. The van der Waals surface area contributed by atoms with Crippen molar-refractivity contribution in [1.29, 1.82) is 0 Å². The largest absolute Gasteiger partial charge is 0.493 e. The highest BCUT2D eigenvalue weighted by molar-refractivity contribution is 7.11. The van der Waals surface area contributed by atoms with Gasteiger partial charge in [-0.2, -0.15) is 0 Å². The molecule has 0 aliphatic carbocycles. The van der Waals surface area contributed by atoms with Gasteiger partial charge in [-0.3, -0.25) is 0 Å². The van der Waals surface area contributed by atoms with E-state index in [-0.39, 0.29) is 5.54 Å². The maximum Gasteiger partial charge on any atom is 0.161 e. The molecule has 0 aliphatic rings. The van der Waals surface area contributed by atoms with Crippen LogP contribution in [0.4, 0.5) is 0 Å². The van der Waals surface area contributed by atoms with E-state index in [1.165, 1.54) is 0 Å². The van der Waals surface area contributed by atoms with Crippen LogP contribution in [-0.4, -0.2) is 12.1 Å². The summed E-state index contributed by atoms with van der Waals surface area (Å²) in [5.74, 6) is 1.45. The van der Waals surface area contributed by atoms with Crippen LogP contribution in [-0.2, 0) is 18.6 Å². The van der Waals surface area contributed by atoms with Gasteiger partial charge < -0.3 is 15.2 Å². The topological polar surface area (TPSA) is 57.4 Å². The Labute approximate surface area is 129 Å². The molecule has 1 aromatic heterocycles. The Morgan fingerprint density at radius 1 is 1.24 bits per heavy atom. The molecule has 1 heterocycles. The third-order valence-electron chi connectivity index (χ3n) is 3.08. The fourth-order valence-corrected chi connectivity index (χ4v) is 3.16. The predicted molar refractivity (Wildman–Crippen MR) is 86.0 cm³/mol. The molecule has 2 N–H and O–H groups in total. The quantitative estimate of drug-likeness (QED) is 0.887. The molecule has 5 heteroatoms. The summed E-state index contributed by atoms with van der Waals surface area (Å²) in [5.41, 5.74) is 6.90. The van der Waals surface area contributed by atoms with E-state index in [0.717, 1.165) is 33.5 Å². The highest BCUT2D eigenvalue weighted by Crippen LogP contribution is 2.31. The van der Waals surface area contributed by atoms with Crippen LogP contribution >= 0.6 is 11.3 Å². The summed E-state index contributed by atoms with van der Waals surface area (Å²) in [7, 11) is 1.63. The van der Waals surface area contributed by atoms with Crippen LogP contribution in [0.2, 0.25) is 0 Å². The minimum atomic E-state index is -0.369. The maximum atomic E-state index is 6.21. The lowest BCUT2D eigenvalue weighted by molar-refractivity contribution is 0.284. The van der Waals surface area contributed by atoms with E-state index in [1.54, 1.807) is 18.4 Å². The Morgan fingerprint density at radius 2 is 1.90 bits per heavy atom. The van der Waals surface area contributed by atoms with Crippen LogP contribution in [0.15, 0.2) is 24.3 Å². The lowest BCUT2D eigenvalue weighted by Crippen LogP contribution is -2.28. The van der Waals surface area contributed by atoms with Gasteiger partial charge in [-0.1, -0.05) is 19.1 Å². The van der Waals surface area contributed by atoms with Gasteiger partial charge in [0.1, 0.15) is 11.6 Å². The van der Waals surface area contributed by atoms with E-state index in [4.69, 9.17) is 15.2 Å². The molecule has 21 heavy (non-hydrogen) atoms. The zero-order chi connectivity index (χ0) is 15.5. The summed E-state index contributed by atoms with van der Waals surface area (Å²) >= 11 is 1.62.